The van der Waals surface area contributed by atoms with E-state index in [1.54, 1.807) is 0 Å². The summed E-state index contributed by atoms with van der Waals surface area (Å²) in [6.45, 7) is 22.1. The lowest BCUT2D eigenvalue weighted by molar-refractivity contribution is 0.384. The minimum Gasteiger partial charge on any atom is -0.0945 e. The molecule has 0 N–H and O–H groups in total. The van der Waals surface area contributed by atoms with Crippen LogP contribution in [-0.2, 0) is 57.8 Å². The third-order valence-corrected chi connectivity index (χ3v) is 27.7. The van der Waals surface area contributed by atoms with Gasteiger partial charge in [0, 0.05) is 57.4 Å². The van der Waals surface area contributed by atoms with E-state index in [2.05, 4.69) is 371 Å². The maximum Gasteiger partial charge on any atom is 0.0245 e. The smallest absolute Gasteiger partial charge is 0.0245 e. The quantitative estimate of drug-likeness (QED) is 0.0527. The van der Waals surface area contributed by atoms with Gasteiger partial charge in [0.15, 0.2) is 0 Å². The van der Waals surface area contributed by atoms with Crippen LogP contribution in [-0.4, -0.2) is 0 Å². The van der Waals surface area contributed by atoms with E-state index in [-0.39, 0.29) is 0 Å². The molecule has 10 aromatic carbocycles. The van der Waals surface area contributed by atoms with Crippen LogP contribution in [0.4, 0.5) is 0 Å². The molecule has 15 rings (SSSR count). The summed E-state index contributed by atoms with van der Waals surface area (Å²) in [6.07, 6.45) is 43.2. The summed E-state index contributed by atoms with van der Waals surface area (Å²) < 4.78 is 0. The SMILES string of the molecule is CCCCCc1ccc(C2CCC(C#Cc3ccc(CC)cc3)CC2)cc1.CCCCc1ccc(C2CCC(C#Cc3ccc(CC)cc3)CC2)cc1.CCCc1ccc(C2CCC(C#Cc3ccc(CC)cc3)CC2)cc1.CCc1ccc(C#CC2CCC(c3ccc(C)cc3)CC2)cc1.CCc1ccc(C#CC2CCC(c3ccc(CC)cc3)CC2)cc1. The van der Waals surface area contributed by atoms with Crippen LogP contribution < -0.4 is 0 Å². The van der Waals surface area contributed by atoms with Crippen molar-refractivity contribution in [3.05, 3.63) is 354 Å². The van der Waals surface area contributed by atoms with Crippen molar-refractivity contribution in [2.75, 3.05) is 0 Å². The second kappa shape index (κ2) is 53.5. The zero-order valence-corrected chi connectivity index (χ0v) is 78.6. The molecule has 125 heavy (non-hydrogen) atoms. The van der Waals surface area contributed by atoms with Gasteiger partial charge in [0.05, 0.1) is 0 Å². The van der Waals surface area contributed by atoms with Crippen LogP contribution in [0.25, 0.3) is 0 Å². The van der Waals surface area contributed by atoms with Crippen LogP contribution in [0.15, 0.2) is 243 Å². The normalized spacial score (nSPS) is 19.9. The van der Waals surface area contributed by atoms with Crippen LogP contribution >= 0.6 is 0 Å². The molecule has 0 bridgehead atoms. The Balaban J connectivity index is 0.000000152. The van der Waals surface area contributed by atoms with Crippen molar-refractivity contribution in [3.8, 4) is 59.2 Å². The summed E-state index contributed by atoms with van der Waals surface area (Å²) in [5.41, 5.74) is 27.6. The van der Waals surface area contributed by atoms with Crippen LogP contribution in [0.1, 0.15) is 370 Å². The summed E-state index contributed by atoms with van der Waals surface area (Å²) in [5, 5.41) is 0. The number of unbranched alkanes of at least 4 members (excludes halogenated alkanes) is 3. The van der Waals surface area contributed by atoms with Gasteiger partial charge >= 0.3 is 0 Å². The van der Waals surface area contributed by atoms with Gasteiger partial charge in [-0.15, -0.1) is 0 Å². The molecule has 0 nitrogen and oxygen atoms in total. The second-order valence-corrected chi connectivity index (χ2v) is 36.9. The van der Waals surface area contributed by atoms with Gasteiger partial charge in [-0.25, -0.2) is 0 Å². The Bertz CT molecular complexity index is 5030. The van der Waals surface area contributed by atoms with Crippen molar-refractivity contribution in [3.63, 3.8) is 0 Å². The highest BCUT2D eigenvalue weighted by molar-refractivity contribution is 5.43. The summed E-state index contributed by atoms with van der Waals surface area (Å²) in [6, 6.07) is 90.2. The predicted molar refractivity (Wildman–Crippen MR) is 539 cm³/mol. The molecule has 0 amide bonds. The van der Waals surface area contributed by atoms with Crippen molar-refractivity contribution in [2.24, 2.45) is 29.6 Å². The average Bonchev–Trinajstić information content (AvgIpc) is 0.863. The molecule has 5 aliphatic carbocycles. The summed E-state index contributed by atoms with van der Waals surface area (Å²) in [7, 11) is 0. The number of rotatable bonds is 20. The Kier molecular flexibility index (Phi) is 40.9. The number of hydrogen-bond donors (Lipinski definition) is 0. The maximum atomic E-state index is 3.54. The first-order valence-corrected chi connectivity index (χ1v) is 49.8. The fourth-order valence-electron chi connectivity index (χ4n) is 18.9. The molecule has 5 saturated carbocycles. The molecule has 0 spiro atoms. The fraction of sp³-hybridized carbons (Fsp3) is 0.440. The molecule has 0 saturated heterocycles. The lowest BCUT2D eigenvalue weighted by Crippen LogP contribution is -2.12. The summed E-state index contributed by atoms with van der Waals surface area (Å²) in [5.74, 6) is 41.1. The third-order valence-electron chi connectivity index (χ3n) is 27.7. The third kappa shape index (κ3) is 32.7. The highest BCUT2D eigenvalue weighted by atomic mass is 14.3. The molecule has 650 valence electrons. The lowest BCUT2D eigenvalue weighted by Gasteiger charge is -2.26. The molecule has 0 heterocycles. The van der Waals surface area contributed by atoms with Crippen LogP contribution in [0, 0.1) is 95.7 Å². The Labute approximate surface area is 761 Å². The monoisotopic (exact) mass is 1650 g/mol. The first kappa shape index (κ1) is 95.7. The highest BCUT2D eigenvalue weighted by Gasteiger charge is 2.26. The van der Waals surface area contributed by atoms with Crippen LogP contribution in [0.5, 0.6) is 0 Å². The molecular weight excluding hydrogens is 1500 g/mol. The van der Waals surface area contributed by atoms with Gasteiger partial charge in [0.25, 0.3) is 0 Å². The van der Waals surface area contributed by atoms with Gasteiger partial charge in [-0.05, 0) is 374 Å². The van der Waals surface area contributed by atoms with E-state index in [4.69, 9.17) is 0 Å². The van der Waals surface area contributed by atoms with E-state index in [0.717, 1.165) is 95.9 Å². The van der Waals surface area contributed by atoms with Crippen LogP contribution in [0.3, 0.4) is 0 Å². The predicted octanol–water partition coefficient (Wildman–Crippen LogP) is 32.8. The molecule has 0 unspecified atom stereocenters. The Morgan fingerprint density at radius 1 is 0.184 bits per heavy atom. The van der Waals surface area contributed by atoms with Crippen molar-refractivity contribution in [1.29, 1.82) is 0 Å². The van der Waals surface area contributed by atoms with Gasteiger partial charge in [-0.2, -0.15) is 0 Å². The number of benzene rings is 10. The fourth-order valence-corrected chi connectivity index (χ4v) is 18.9. The average molecular weight is 1650 g/mol. The maximum absolute atomic E-state index is 3.54. The minimum atomic E-state index is 0.570. The van der Waals surface area contributed by atoms with E-state index in [1.165, 1.54) is 270 Å². The molecule has 5 fully saturated rings. The molecule has 0 aromatic heterocycles. The molecule has 0 aliphatic heterocycles. The lowest BCUT2D eigenvalue weighted by atomic mass is 9.78. The summed E-state index contributed by atoms with van der Waals surface area (Å²) >= 11 is 0. The van der Waals surface area contributed by atoms with Crippen LogP contribution in [0.2, 0.25) is 0 Å². The zero-order chi connectivity index (χ0) is 87.4. The molecule has 0 heteroatoms. The Morgan fingerprint density at radius 3 is 0.568 bits per heavy atom. The first-order chi connectivity index (χ1) is 61.4. The van der Waals surface area contributed by atoms with E-state index < -0.39 is 0 Å². The van der Waals surface area contributed by atoms with E-state index in [0.29, 0.717) is 29.6 Å². The molecule has 0 atom stereocenters. The zero-order valence-electron chi connectivity index (χ0n) is 78.6. The van der Waals surface area contributed by atoms with Crippen molar-refractivity contribution >= 4 is 0 Å². The molecule has 0 radical (unpaired) electrons. The van der Waals surface area contributed by atoms with E-state index in [1.807, 2.05) is 0 Å². The van der Waals surface area contributed by atoms with E-state index >= 15 is 0 Å². The Hall–Kier alpha value is -10.0. The minimum absolute atomic E-state index is 0.570. The standard InChI is InChI=1S/C27H34.C26H32.C25H30.C24H28.C23H26/c1-3-5-6-7-23-14-18-26(19-15-23)27-20-16-25(17-21-27)13-12-24-10-8-22(4-2)9-11-24;1-3-5-6-22-13-17-25(18-14-22)26-19-15-24(16-20-26)12-11-23-9-7-21(4-2)8-10-23;1-3-5-21-12-16-24(17-13-21)25-18-14-23(15-19-25)11-10-22-8-6-20(4-2)7-9-22;1-3-19-5-7-21(8-6-19)9-10-22-13-17-24(18-14-22)23-15-11-20(4-2)12-16-23;1-3-19-6-8-20(9-7-19)10-11-21-12-16-23(17-13-21)22-14-4-18(2)5-15-22/h8-11,14-15,18-19,25,27H,3-7,16-17,20-21H2,1-2H3;7-10,13-14,17-18,24,26H,3-6,15-16,19-20H2,1-2H3;6-9,12-13,16-17,23,25H,3-5,14-15,18-19H2,1-2H3;5-8,11-12,15-16,22,24H,3-4,13-14,17-18H2,1-2H3;4-9,14-15,21,23H,3,12-13,16-17H2,1-2H3. The van der Waals surface area contributed by atoms with Gasteiger partial charge in [-0.3, -0.25) is 0 Å². The Morgan fingerprint density at radius 2 is 0.368 bits per heavy atom. The first-order valence-electron chi connectivity index (χ1n) is 49.8. The van der Waals surface area contributed by atoms with Gasteiger partial charge in [0.1, 0.15) is 0 Å². The molecule has 10 aromatic rings. The van der Waals surface area contributed by atoms with Gasteiger partial charge in [0.2, 0.25) is 0 Å². The van der Waals surface area contributed by atoms with Crippen molar-refractivity contribution in [1.82, 2.24) is 0 Å². The van der Waals surface area contributed by atoms with Crippen molar-refractivity contribution in [2.45, 2.75) is 324 Å². The summed E-state index contributed by atoms with van der Waals surface area (Å²) in [4.78, 5) is 0. The number of hydrogen-bond acceptors (Lipinski definition) is 0. The molecular formula is C125H150. The largest absolute Gasteiger partial charge is 0.0945 e. The van der Waals surface area contributed by atoms with Crippen molar-refractivity contribution < 1.29 is 0 Å². The number of aryl methyl sites for hydroxylation is 10. The van der Waals surface area contributed by atoms with Gasteiger partial charge < -0.3 is 0 Å². The topological polar surface area (TPSA) is 0 Å². The highest BCUT2D eigenvalue weighted by Crippen LogP contribution is 2.41. The molecule has 5 aliphatic rings. The van der Waals surface area contributed by atoms with Gasteiger partial charge in [-0.1, -0.05) is 335 Å². The van der Waals surface area contributed by atoms with E-state index in [9.17, 15) is 0 Å². The second-order valence-electron chi connectivity index (χ2n) is 36.9.